The number of likely N-dealkylation sites (N-methyl/N-ethyl adjacent to an activating group) is 1. The van der Waals surface area contributed by atoms with Crippen molar-refractivity contribution in [3.05, 3.63) is 0 Å². The van der Waals surface area contributed by atoms with Gasteiger partial charge in [0.2, 0.25) is 0 Å². The van der Waals surface area contributed by atoms with Gasteiger partial charge in [0.05, 0.1) is 0 Å². The molecule has 0 aromatic rings. The van der Waals surface area contributed by atoms with E-state index in [1.54, 1.807) is 0 Å². The third kappa shape index (κ3) is 1.18. The van der Waals surface area contributed by atoms with Crippen molar-refractivity contribution in [3.63, 3.8) is 0 Å². The van der Waals surface area contributed by atoms with Gasteiger partial charge in [-0.05, 0) is 31.7 Å². The van der Waals surface area contributed by atoms with Crippen LogP contribution in [0.1, 0.15) is 26.2 Å². The van der Waals surface area contributed by atoms with Crippen LogP contribution in [0.3, 0.4) is 0 Å². The molecule has 0 radical (unpaired) electrons. The summed E-state index contributed by atoms with van der Waals surface area (Å²) in [5.74, 6) is 0.912. The summed E-state index contributed by atoms with van der Waals surface area (Å²) in [6, 6.07) is 1.19. The molecule has 2 N–H and O–H groups in total. The molecule has 1 aliphatic carbocycles. The van der Waals surface area contributed by atoms with Crippen LogP contribution in [0.15, 0.2) is 0 Å². The molecule has 0 aromatic carbocycles. The Kier molecular flexibility index (Phi) is 1.90. The molecule has 0 unspecified atom stereocenters. The van der Waals surface area contributed by atoms with Crippen molar-refractivity contribution in [2.75, 3.05) is 13.1 Å². The van der Waals surface area contributed by atoms with Crippen LogP contribution >= 0.6 is 0 Å². The lowest BCUT2D eigenvalue weighted by molar-refractivity contribution is 0.0368. The Balaban J connectivity index is 2.07. The fraction of sp³-hybridized carbons (Fsp3) is 1.00. The van der Waals surface area contributed by atoms with Crippen LogP contribution in [0.5, 0.6) is 0 Å². The van der Waals surface area contributed by atoms with Crippen molar-refractivity contribution in [1.82, 2.24) is 4.90 Å². The monoisotopic (exact) mass is 154 g/mol. The zero-order valence-corrected chi connectivity index (χ0v) is 7.29. The van der Waals surface area contributed by atoms with Gasteiger partial charge >= 0.3 is 0 Å². The quantitative estimate of drug-likeness (QED) is 0.606. The Hall–Kier alpha value is -0.0800. The summed E-state index contributed by atoms with van der Waals surface area (Å²) < 4.78 is 0. The molecule has 3 rings (SSSR count). The molecule has 0 aromatic heterocycles. The molecule has 1 saturated carbocycles. The molecule has 3 fully saturated rings. The fourth-order valence-electron chi connectivity index (χ4n) is 2.73. The molecule has 0 amide bonds. The second-order valence-corrected chi connectivity index (χ2v) is 4.00. The minimum atomic E-state index is 0.474. The minimum Gasteiger partial charge on any atom is -0.326 e. The molecule has 3 atom stereocenters. The molecule has 2 heterocycles. The van der Waals surface area contributed by atoms with Gasteiger partial charge in [0.15, 0.2) is 0 Å². The Labute approximate surface area is 68.7 Å². The van der Waals surface area contributed by atoms with Gasteiger partial charge in [0, 0.05) is 18.6 Å². The maximum atomic E-state index is 6.04. The predicted molar refractivity (Wildman–Crippen MR) is 46.4 cm³/mol. The standard InChI is InChI=1S/C9H18N2/c1-2-11-6-7-3-4-9(11)8(10)5-7/h7-9H,2-6,10H2,1H3/t7-,8-,9+/m0/s1. The lowest BCUT2D eigenvalue weighted by atomic mass is 9.77. The normalized spacial score (nSPS) is 44.7. The largest absolute Gasteiger partial charge is 0.326 e. The van der Waals surface area contributed by atoms with E-state index in [0.29, 0.717) is 12.1 Å². The van der Waals surface area contributed by atoms with Gasteiger partial charge in [-0.2, -0.15) is 0 Å². The second-order valence-electron chi connectivity index (χ2n) is 4.00. The van der Waals surface area contributed by atoms with Gasteiger partial charge in [-0.3, -0.25) is 4.90 Å². The number of hydrogen-bond donors (Lipinski definition) is 1. The Bertz CT molecular complexity index is 146. The highest BCUT2D eigenvalue weighted by molar-refractivity contribution is 4.95. The molecular formula is C9H18N2. The SMILES string of the molecule is CCN1C[C@H]2CC[C@@H]1[C@@H](N)C2. The number of fused-ring (bicyclic) bond motifs is 3. The van der Waals surface area contributed by atoms with Crippen LogP contribution in [-0.2, 0) is 0 Å². The van der Waals surface area contributed by atoms with Crippen molar-refractivity contribution in [1.29, 1.82) is 0 Å². The molecular weight excluding hydrogens is 136 g/mol. The van der Waals surface area contributed by atoms with E-state index in [9.17, 15) is 0 Å². The molecule has 11 heavy (non-hydrogen) atoms. The van der Waals surface area contributed by atoms with Crippen LogP contribution < -0.4 is 5.73 Å². The second kappa shape index (κ2) is 2.76. The topological polar surface area (TPSA) is 29.3 Å². The van der Waals surface area contributed by atoms with E-state index in [1.807, 2.05) is 0 Å². The maximum Gasteiger partial charge on any atom is 0.0247 e. The lowest BCUT2D eigenvalue weighted by Gasteiger charge is -2.48. The van der Waals surface area contributed by atoms with Crippen molar-refractivity contribution >= 4 is 0 Å². The van der Waals surface area contributed by atoms with Crippen molar-refractivity contribution in [2.45, 2.75) is 38.3 Å². The summed E-state index contributed by atoms with van der Waals surface area (Å²) in [5.41, 5.74) is 6.04. The van der Waals surface area contributed by atoms with Gasteiger partial charge in [0.1, 0.15) is 0 Å². The molecule has 2 nitrogen and oxygen atoms in total. The zero-order chi connectivity index (χ0) is 7.84. The number of hydrogen-bond acceptors (Lipinski definition) is 2. The minimum absolute atomic E-state index is 0.474. The number of nitrogens with zero attached hydrogens (tertiary/aromatic N) is 1. The summed E-state index contributed by atoms with van der Waals surface area (Å²) in [6.07, 6.45) is 4.05. The van der Waals surface area contributed by atoms with E-state index in [4.69, 9.17) is 5.73 Å². The van der Waals surface area contributed by atoms with Gasteiger partial charge in [-0.1, -0.05) is 6.92 Å². The van der Waals surface area contributed by atoms with E-state index in [0.717, 1.165) is 5.92 Å². The Morgan fingerprint density at radius 3 is 2.73 bits per heavy atom. The molecule has 2 heteroatoms. The first kappa shape index (κ1) is 7.56. The zero-order valence-electron chi connectivity index (χ0n) is 7.29. The van der Waals surface area contributed by atoms with Crippen molar-refractivity contribution < 1.29 is 0 Å². The smallest absolute Gasteiger partial charge is 0.0247 e. The predicted octanol–water partition coefficient (Wildman–Crippen LogP) is 0.818. The van der Waals surface area contributed by atoms with Gasteiger partial charge < -0.3 is 5.73 Å². The van der Waals surface area contributed by atoms with Gasteiger partial charge in [-0.25, -0.2) is 0 Å². The van der Waals surface area contributed by atoms with Crippen LogP contribution in [0, 0.1) is 5.92 Å². The summed E-state index contributed by atoms with van der Waals surface area (Å²) in [7, 11) is 0. The van der Waals surface area contributed by atoms with Gasteiger partial charge in [-0.15, -0.1) is 0 Å². The first-order chi connectivity index (χ1) is 5.31. The Morgan fingerprint density at radius 1 is 1.45 bits per heavy atom. The van der Waals surface area contributed by atoms with Gasteiger partial charge in [0.25, 0.3) is 0 Å². The highest BCUT2D eigenvalue weighted by Gasteiger charge is 2.37. The Morgan fingerprint density at radius 2 is 2.27 bits per heavy atom. The van der Waals surface area contributed by atoms with E-state index < -0.39 is 0 Å². The van der Waals surface area contributed by atoms with E-state index >= 15 is 0 Å². The van der Waals surface area contributed by atoms with Crippen LogP contribution in [0.4, 0.5) is 0 Å². The molecule has 64 valence electrons. The summed E-state index contributed by atoms with van der Waals surface area (Å²) >= 11 is 0. The third-order valence-corrected chi connectivity index (χ3v) is 3.34. The van der Waals surface area contributed by atoms with E-state index in [1.165, 1.54) is 32.4 Å². The third-order valence-electron chi connectivity index (χ3n) is 3.34. The average Bonchev–Trinajstić information content (AvgIpc) is 2.04. The van der Waals surface area contributed by atoms with Crippen LogP contribution in [-0.4, -0.2) is 30.1 Å². The summed E-state index contributed by atoms with van der Waals surface area (Å²) in [5, 5.41) is 0. The highest BCUT2D eigenvalue weighted by Crippen LogP contribution is 2.33. The number of rotatable bonds is 1. The number of piperidine rings is 2. The van der Waals surface area contributed by atoms with Crippen LogP contribution in [0.2, 0.25) is 0 Å². The molecule has 2 saturated heterocycles. The molecule has 3 aliphatic rings. The van der Waals surface area contributed by atoms with E-state index in [2.05, 4.69) is 11.8 Å². The molecule has 0 spiro atoms. The average molecular weight is 154 g/mol. The number of nitrogens with two attached hydrogens (primary N) is 1. The first-order valence-corrected chi connectivity index (χ1v) is 4.81. The maximum absolute atomic E-state index is 6.04. The van der Waals surface area contributed by atoms with E-state index in [-0.39, 0.29) is 0 Å². The first-order valence-electron chi connectivity index (χ1n) is 4.81. The lowest BCUT2D eigenvalue weighted by Crippen LogP contribution is -2.58. The highest BCUT2D eigenvalue weighted by atomic mass is 15.2. The fourth-order valence-corrected chi connectivity index (χ4v) is 2.73. The summed E-state index contributed by atoms with van der Waals surface area (Å²) in [4.78, 5) is 2.56. The van der Waals surface area contributed by atoms with Crippen molar-refractivity contribution in [2.24, 2.45) is 11.7 Å². The van der Waals surface area contributed by atoms with Crippen LogP contribution in [0.25, 0.3) is 0 Å². The molecule has 2 aliphatic heterocycles. The molecule has 2 bridgehead atoms. The van der Waals surface area contributed by atoms with Crippen molar-refractivity contribution in [3.8, 4) is 0 Å². The summed E-state index contributed by atoms with van der Waals surface area (Å²) in [6.45, 7) is 4.75.